The lowest BCUT2D eigenvalue weighted by molar-refractivity contribution is -0.128. The zero-order valence-electron chi connectivity index (χ0n) is 10.5. The molecule has 1 amide bonds. The second kappa shape index (κ2) is 4.68. The van der Waals surface area contributed by atoms with Crippen molar-refractivity contribution >= 4 is 5.91 Å². The van der Waals surface area contributed by atoms with Crippen LogP contribution >= 0.6 is 0 Å². The minimum atomic E-state index is 0.0712. The number of likely N-dealkylation sites (tertiary alicyclic amines) is 1. The molecule has 6 nitrogen and oxygen atoms in total. The van der Waals surface area contributed by atoms with E-state index in [-0.39, 0.29) is 11.8 Å². The molecule has 1 aromatic heterocycles. The molecule has 0 radical (unpaired) electrons. The van der Waals surface area contributed by atoms with E-state index >= 15 is 0 Å². The van der Waals surface area contributed by atoms with Gasteiger partial charge >= 0.3 is 0 Å². The van der Waals surface area contributed by atoms with Crippen LogP contribution < -0.4 is 0 Å². The molecule has 18 heavy (non-hydrogen) atoms. The van der Waals surface area contributed by atoms with Crippen molar-refractivity contribution in [2.24, 2.45) is 0 Å². The van der Waals surface area contributed by atoms with Crippen molar-refractivity contribution in [1.82, 2.24) is 15.0 Å². The Kier molecular flexibility index (Phi) is 3.03. The number of carbonyl (C=O) groups is 1. The maximum Gasteiger partial charge on any atom is 0.232 e. The second-order valence-corrected chi connectivity index (χ2v) is 4.97. The van der Waals surface area contributed by atoms with Gasteiger partial charge < -0.3 is 14.2 Å². The summed E-state index contributed by atoms with van der Waals surface area (Å²) in [6.07, 6.45) is 3.43. The van der Waals surface area contributed by atoms with Gasteiger partial charge in [-0.25, -0.2) is 0 Å². The van der Waals surface area contributed by atoms with Crippen LogP contribution in [0.1, 0.15) is 36.9 Å². The van der Waals surface area contributed by atoms with Crippen LogP contribution in [0.5, 0.6) is 0 Å². The van der Waals surface area contributed by atoms with Gasteiger partial charge in [0.2, 0.25) is 11.8 Å². The molecule has 98 valence electrons. The van der Waals surface area contributed by atoms with Crippen molar-refractivity contribution in [1.29, 1.82) is 0 Å². The second-order valence-electron chi connectivity index (χ2n) is 4.97. The fourth-order valence-electron chi connectivity index (χ4n) is 2.36. The molecule has 0 bridgehead atoms. The molecular weight excluding hydrogens is 234 g/mol. The number of rotatable bonds is 5. The molecule has 1 aromatic rings. The molecule has 0 N–H and O–H groups in total. The molecule has 2 fully saturated rings. The molecule has 1 aliphatic heterocycles. The number of nitrogens with zero attached hydrogens (tertiary/aromatic N) is 3. The van der Waals surface area contributed by atoms with Crippen molar-refractivity contribution < 1.29 is 14.1 Å². The third-order valence-corrected chi connectivity index (χ3v) is 3.51. The number of ether oxygens (including phenoxy) is 1. The average molecular weight is 251 g/mol. The lowest BCUT2D eigenvalue weighted by Gasteiger charge is -2.13. The van der Waals surface area contributed by atoms with Crippen LogP contribution in [0.25, 0.3) is 0 Å². The van der Waals surface area contributed by atoms with Crippen molar-refractivity contribution in [3.05, 3.63) is 11.7 Å². The van der Waals surface area contributed by atoms with Crippen LogP contribution in [-0.4, -0.2) is 47.3 Å². The fourth-order valence-corrected chi connectivity index (χ4v) is 2.36. The van der Waals surface area contributed by atoms with E-state index in [9.17, 15) is 4.79 Å². The first-order chi connectivity index (χ1) is 8.78. The van der Waals surface area contributed by atoms with E-state index in [1.54, 1.807) is 7.11 Å². The average Bonchev–Trinajstić information content (AvgIpc) is 2.97. The zero-order valence-corrected chi connectivity index (χ0v) is 10.5. The summed E-state index contributed by atoms with van der Waals surface area (Å²) in [6.45, 7) is 1.31. The Labute approximate surface area is 105 Å². The van der Waals surface area contributed by atoms with E-state index in [2.05, 4.69) is 10.1 Å². The molecule has 2 aliphatic rings. The third kappa shape index (κ3) is 2.25. The smallest absolute Gasteiger partial charge is 0.232 e. The highest BCUT2D eigenvalue weighted by atomic mass is 16.5. The van der Waals surface area contributed by atoms with Gasteiger partial charge in [-0.15, -0.1) is 0 Å². The topological polar surface area (TPSA) is 68.5 Å². The van der Waals surface area contributed by atoms with Crippen LogP contribution in [0, 0.1) is 0 Å². The number of carbonyl (C=O) groups excluding carboxylic acids is 1. The summed E-state index contributed by atoms with van der Waals surface area (Å²) in [4.78, 5) is 18.1. The van der Waals surface area contributed by atoms with Gasteiger partial charge in [0, 0.05) is 32.5 Å². The Balaban J connectivity index is 1.64. The lowest BCUT2D eigenvalue weighted by Crippen LogP contribution is -2.27. The monoisotopic (exact) mass is 251 g/mol. The molecule has 1 saturated carbocycles. The Morgan fingerprint density at radius 1 is 1.50 bits per heavy atom. The SMILES string of the molecule is COCCc1noc([C@@H]2CC(=O)N(C3CC3)C2)n1. The van der Waals surface area contributed by atoms with Gasteiger partial charge in [0.05, 0.1) is 12.5 Å². The summed E-state index contributed by atoms with van der Waals surface area (Å²) in [5.41, 5.74) is 0. The van der Waals surface area contributed by atoms with Gasteiger partial charge in [0.1, 0.15) is 0 Å². The summed E-state index contributed by atoms with van der Waals surface area (Å²) < 4.78 is 10.2. The molecular formula is C12H17N3O3. The Morgan fingerprint density at radius 3 is 3.06 bits per heavy atom. The summed E-state index contributed by atoms with van der Waals surface area (Å²) in [5, 5.41) is 3.91. The number of hydrogen-bond donors (Lipinski definition) is 0. The minimum Gasteiger partial charge on any atom is -0.384 e. The number of methoxy groups -OCH3 is 1. The lowest BCUT2D eigenvalue weighted by atomic mass is 10.1. The quantitative estimate of drug-likeness (QED) is 0.772. The first-order valence-corrected chi connectivity index (χ1v) is 6.39. The van der Waals surface area contributed by atoms with E-state index < -0.39 is 0 Å². The first-order valence-electron chi connectivity index (χ1n) is 6.39. The predicted molar refractivity (Wildman–Crippen MR) is 62.0 cm³/mol. The Hall–Kier alpha value is -1.43. The largest absolute Gasteiger partial charge is 0.384 e. The van der Waals surface area contributed by atoms with Crippen LogP contribution in [0.3, 0.4) is 0 Å². The third-order valence-electron chi connectivity index (χ3n) is 3.51. The highest BCUT2D eigenvalue weighted by Gasteiger charge is 2.41. The van der Waals surface area contributed by atoms with Gasteiger partial charge in [-0.1, -0.05) is 5.16 Å². The summed E-state index contributed by atoms with van der Waals surface area (Å²) in [6, 6.07) is 0.471. The van der Waals surface area contributed by atoms with Crippen molar-refractivity contribution in [2.75, 3.05) is 20.3 Å². The van der Waals surface area contributed by atoms with Gasteiger partial charge in [-0.3, -0.25) is 4.79 Å². The zero-order chi connectivity index (χ0) is 12.5. The normalized spacial score (nSPS) is 23.9. The van der Waals surface area contributed by atoms with Gasteiger partial charge in [-0.2, -0.15) is 4.98 Å². The van der Waals surface area contributed by atoms with E-state index in [1.165, 1.54) is 0 Å². The molecule has 0 spiro atoms. The Bertz CT molecular complexity index is 442. The number of aromatic nitrogens is 2. The first kappa shape index (κ1) is 11.6. The molecule has 1 atom stereocenters. The fraction of sp³-hybridized carbons (Fsp3) is 0.750. The van der Waals surface area contributed by atoms with Crippen LogP contribution in [0.2, 0.25) is 0 Å². The highest BCUT2D eigenvalue weighted by Crippen LogP contribution is 2.35. The summed E-state index contributed by atoms with van der Waals surface area (Å²) in [7, 11) is 1.64. The van der Waals surface area contributed by atoms with Gasteiger partial charge in [-0.05, 0) is 12.8 Å². The minimum absolute atomic E-state index is 0.0712. The highest BCUT2D eigenvalue weighted by molar-refractivity contribution is 5.80. The van der Waals surface area contributed by atoms with E-state index in [0.29, 0.717) is 37.2 Å². The Morgan fingerprint density at radius 2 is 2.33 bits per heavy atom. The summed E-state index contributed by atoms with van der Waals surface area (Å²) in [5.74, 6) is 1.54. The predicted octanol–water partition coefficient (Wildman–Crippen LogP) is 0.737. The molecule has 6 heteroatoms. The maximum absolute atomic E-state index is 11.8. The summed E-state index contributed by atoms with van der Waals surface area (Å²) >= 11 is 0. The molecule has 1 saturated heterocycles. The van der Waals surface area contributed by atoms with E-state index in [4.69, 9.17) is 9.26 Å². The molecule has 1 aliphatic carbocycles. The number of hydrogen-bond acceptors (Lipinski definition) is 5. The van der Waals surface area contributed by atoms with Crippen LogP contribution in [0.15, 0.2) is 4.52 Å². The van der Waals surface area contributed by atoms with E-state index in [1.807, 2.05) is 4.90 Å². The van der Waals surface area contributed by atoms with Crippen molar-refractivity contribution in [2.45, 2.75) is 37.6 Å². The number of amides is 1. The van der Waals surface area contributed by atoms with E-state index in [0.717, 1.165) is 19.4 Å². The maximum atomic E-state index is 11.8. The van der Waals surface area contributed by atoms with Crippen molar-refractivity contribution in [3.8, 4) is 0 Å². The van der Waals surface area contributed by atoms with Crippen LogP contribution in [-0.2, 0) is 16.0 Å². The van der Waals surface area contributed by atoms with Gasteiger partial charge in [0.15, 0.2) is 5.82 Å². The van der Waals surface area contributed by atoms with Gasteiger partial charge in [0.25, 0.3) is 0 Å². The molecule has 0 unspecified atom stereocenters. The molecule has 3 rings (SSSR count). The van der Waals surface area contributed by atoms with Crippen LogP contribution in [0.4, 0.5) is 0 Å². The standard InChI is InChI=1S/C12H17N3O3/c1-17-5-4-10-13-12(18-14-10)8-6-11(16)15(7-8)9-2-3-9/h8-9H,2-7H2,1H3/t8-/m1/s1. The molecule has 0 aromatic carbocycles. The molecule has 2 heterocycles. The van der Waals surface area contributed by atoms with Crippen molar-refractivity contribution in [3.63, 3.8) is 0 Å².